The third kappa shape index (κ3) is 4.35. The highest BCUT2D eigenvalue weighted by Crippen LogP contribution is 2.24. The minimum Gasteiger partial charge on any atom is -0.493 e. The molecule has 0 radical (unpaired) electrons. The average Bonchev–Trinajstić information content (AvgIpc) is 3.21. The molecular formula is C23H17N5O. The van der Waals surface area contributed by atoms with Crippen LogP contribution in [0.5, 0.6) is 5.75 Å². The Bertz CT molecular complexity index is 1250. The van der Waals surface area contributed by atoms with Gasteiger partial charge in [-0.15, -0.1) is 0 Å². The average molecular weight is 379 g/mol. The van der Waals surface area contributed by atoms with Gasteiger partial charge in [-0.1, -0.05) is 18.2 Å². The monoisotopic (exact) mass is 379 g/mol. The van der Waals surface area contributed by atoms with E-state index in [1.54, 1.807) is 18.2 Å². The fourth-order valence-corrected chi connectivity index (χ4v) is 3.07. The van der Waals surface area contributed by atoms with Crippen LogP contribution in [-0.4, -0.2) is 16.6 Å². The number of ether oxygens (including phenoxy) is 1. The summed E-state index contributed by atoms with van der Waals surface area (Å²) in [5, 5.41) is 22.6. The maximum atomic E-state index is 9.30. The zero-order valence-electron chi connectivity index (χ0n) is 15.5. The van der Waals surface area contributed by atoms with Crippen molar-refractivity contribution in [1.29, 1.82) is 10.5 Å². The van der Waals surface area contributed by atoms with Crippen molar-refractivity contribution in [3.05, 3.63) is 83.7 Å². The largest absolute Gasteiger partial charge is 0.493 e. The minimum atomic E-state index is 0.275. The summed E-state index contributed by atoms with van der Waals surface area (Å²) >= 11 is 0. The van der Waals surface area contributed by atoms with Crippen LogP contribution in [0.4, 0.5) is 11.5 Å². The van der Waals surface area contributed by atoms with Crippen LogP contribution in [0.25, 0.3) is 10.9 Å². The number of H-pyrrole nitrogens is 1. The van der Waals surface area contributed by atoms with E-state index < -0.39 is 0 Å². The zero-order chi connectivity index (χ0) is 20.1. The Balaban J connectivity index is 1.47. The fourth-order valence-electron chi connectivity index (χ4n) is 3.07. The Morgan fingerprint density at radius 3 is 2.79 bits per heavy atom. The van der Waals surface area contributed by atoms with Gasteiger partial charge in [-0.05, 0) is 41.3 Å². The number of benzene rings is 2. The molecule has 4 rings (SSSR count). The van der Waals surface area contributed by atoms with Crippen molar-refractivity contribution in [3.8, 4) is 17.9 Å². The molecule has 0 aliphatic heterocycles. The van der Waals surface area contributed by atoms with Gasteiger partial charge < -0.3 is 15.0 Å². The number of nitriles is 2. The summed E-state index contributed by atoms with van der Waals surface area (Å²) in [6, 6.07) is 23.0. The van der Waals surface area contributed by atoms with Gasteiger partial charge in [0.15, 0.2) is 0 Å². The molecule has 0 saturated carbocycles. The highest BCUT2D eigenvalue weighted by atomic mass is 16.5. The summed E-state index contributed by atoms with van der Waals surface area (Å²) in [6.45, 7) is 0.428. The van der Waals surface area contributed by atoms with E-state index in [1.165, 1.54) is 0 Å². The van der Waals surface area contributed by atoms with E-state index in [9.17, 15) is 5.26 Å². The van der Waals surface area contributed by atoms with Gasteiger partial charge in [0.2, 0.25) is 0 Å². The number of hydrogen-bond acceptors (Lipinski definition) is 5. The van der Waals surface area contributed by atoms with Gasteiger partial charge in [0.05, 0.1) is 18.2 Å². The number of anilines is 2. The Labute approximate surface area is 168 Å². The van der Waals surface area contributed by atoms with E-state index in [0.717, 1.165) is 22.2 Å². The van der Waals surface area contributed by atoms with E-state index in [2.05, 4.69) is 27.4 Å². The first-order valence-electron chi connectivity index (χ1n) is 9.12. The molecule has 0 aliphatic carbocycles. The van der Waals surface area contributed by atoms with Gasteiger partial charge in [0.25, 0.3) is 0 Å². The van der Waals surface area contributed by atoms with Crippen molar-refractivity contribution in [2.75, 3.05) is 11.9 Å². The van der Waals surface area contributed by atoms with Gasteiger partial charge in [0.1, 0.15) is 23.3 Å². The van der Waals surface area contributed by atoms with Crippen LogP contribution in [0.2, 0.25) is 0 Å². The Hall–Kier alpha value is -4.29. The lowest BCUT2D eigenvalue weighted by Gasteiger charge is -2.10. The van der Waals surface area contributed by atoms with Crippen LogP contribution in [-0.2, 0) is 6.42 Å². The van der Waals surface area contributed by atoms with Gasteiger partial charge in [-0.3, -0.25) is 0 Å². The molecule has 2 aromatic heterocycles. The smallest absolute Gasteiger partial charge is 0.146 e. The summed E-state index contributed by atoms with van der Waals surface area (Å²) in [6.07, 6.45) is 2.55. The van der Waals surface area contributed by atoms with Crippen molar-refractivity contribution in [1.82, 2.24) is 9.97 Å². The molecule has 6 nitrogen and oxygen atoms in total. The lowest BCUT2D eigenvalue weighted by Crippen LogP contribution is -2.03. The summed E-state index contributed by atoms with van der Waals surface area (Å²) in [5.41, 5.74) is 3.81. The van der Waals surface area contributed by atoms with Crippen LogP contribution in [0.1, 0.15) is 16.8 Å². The summed E-state index contributed by atoms with van der Waals surface area (Å²) < 4.78 is 5.84. The molecule has 4 aromatic rings. The van der Waals surface area contributed by atoms with Crippen LogP contribution >= 0.6 is 0 Å². The van der Waals surface area contributed by atoms with Crippen molar-refractivity contribution in [2.24, 2.45) is 0 Å². The van der Waals surface area contributed by atoms with Crippen LogP contribution in [0, 0.1) is 22.7 Å². The maximum Gasteiger partial charge on any atom is 0.146 e. The molecule has 0 saturated heterocycles. The number of aromatic amines is 1. The van der Waals surface area contributed by atoms with Crippen LogP contribution in [0.3, 0.4) is 0 Å². The molecule has 29 heavy (non-hydrogen) atoms. The number of rotatable bonds is 6. The molecule has 2 N–H and O–H groups in total. The van der Waals surface area contributed by atoms with E-state index >= 15 is 0 Å². The number of hydrogen-bond donors (Lipinski definition) is 2. The first-order valence-corrected chi connectivity index (χ1v) is 9.12. The highest BCUT2D eigenvalue weighted by Gasteiger charge is 2.06. The van der Waals surface area contributed by atoms with E-state index in [-0.39, 0.29) is 5.69 Å². The van der Waals surface area contributed by atoms with Crippen LogP contribution in [0.15, 0.2) is 66.9 Å². The fraction of sp³-hybridized carbons (Fsp3) is 0.0870. The number of nitrogens with one attached hydrogen (secondary N) is 2. The van der Waals surface area contributed by atoms with Gasteiger partial charge in [0, 0.05) is 36.0 Å². The van der Waals surface area contributed by atoms with E-state index in [0.29, 0.717) is 30.2 Å². The molecule has 0 fully saturated rings. The Kier molecular flexibility index (Phi) is 5.09. The molecule has 2 aromatic carbocycles. The number of aromatic nitrogens is 2. The molecule has 6 heteroatoms. The molecule has 0 atom stereocenters. The normalized spacial score (nSPS) is 10.3. The Morgan fingerprint density at radius 1 is 1.00 bits per heavy atom. The highest BCUT2D eigenvalue weighted by molar-refractivity contribution is 5.83. The molecular weight excluding hydrogens is 362 g/mol. The number of pyridine rings is 1. The molecule has 0 bridgehead atoms. The van der Waals surface area contributed by atoms with Crippen LogP contribution < -0.4 is 10.1 Å². The third-order valence-electron chi connectivity index (χ3n) is 4.46. The lowest BCUT2D eigenvalue weighted by molar-refractivity contribution is 0.321. The topological polar surface area (TPSA) is 97.5 Å². The third-order valence-corrected chi connectivity index (χ3v) is 4.46. The summed E-state index contributed by atoms with van der Waals surface area (Å²) in [4.78, 5) is 7.48. The number of nitrogens with zero attached hydrogens (tertiary/aromatic N) is 3. The molecule has 0 amide bonds. The van der Waals surface area contributed by atoms with E-state index in [4.69, 9.17) is 10.00 Å². The molecule has 0 unspecified atom stereocenters. The first-order chi connectivity index (χ1) is 14.2. The standard InChI is InChI=1S/C23H17N5O/c24-14-17-3-1-2-16(10-17)7-9-29-21-11-20(15-25)28-23(13-21)27-19-5-4-18-6-8-26-22(18)12-19/h1-6,8,10-13,26H,7,9H2,(H,27,28). The maximum absolute atomic E-state index is 9.30. The minimum absolute atomic E-state index is 0.275. The second kappa shape index (κ2) is 8.16. The SMILES string of the molecule is N#Cc1cccc(CCOc2cc(C#N)nc(Nc3ccc4cc[nH]c4c3)c2)c1. The molecule has 140 valence electrons. The predicted octanol–water partition coefficient (Wildman–Crippen LogP) is 4.67. The Morgan fingerprint density at radius 2 is 1.93 bits per heavy atom. The first kappa shape index (κ1) is 18.1. The summed E-state index contributed by atoms with van der Waals surface area (Å²) in [5.74, 6) is 1.10. The van der Waals surface area contributed by atoms with Crippen molar-refractivity contribution < 1.29 is 4.74 Å². The molecule has 0 aliphatic rings. The molecule has 0 spiro atoms. The van der Waals surface area contributed by atoms with E-state index in [1.807, 2.05) is 48.7 Å². The summed E-state index contributed by atoms with van der Waals surface area (Å²) in [7, 11) is 0. The quantitative estimate of drug-likeness (QED) is 0.507. The van der Waals surface area contributed by atoms with Gasteiger partial charge in [-0.25, -0.2) is 4.98 Å². The lowest BCUT2D eigenvalue weighted by atomic mass is 10.1. The van der Waals surface area contributed by atoms with Crippen molar-refractivity contribution >= 4 is 22.4 Å². The van der Waals surface area contributed by atoms with Crippen molar-refractivity contribution in [3.63, 3.8) is 0 Å². The van der Waals surface area contributed by atoms with Gasteiger partial charge in [-0.2, -0.15) is 10.5 Å². The zero-order valence-corrected chi connectivity index (χ0v) is 15.5. The second-order valence-electron chi connectivity index (χ2n) is 6.50. The second-order valence-corrected chi connectivity index (χ2v) is 6.50. The van der Waals surface area contributed by atoms with Crippen molar-refractivity contribution in [2.45, 2.75) is 6.42 Å². The number of fused-ring (bicyclic) bond motifs is 1. The molecule has 2 heterocycles. The van der Waals surface area contributed by atoms with Gasteiger partial charge >= 0.3 is 0 Å². The predicted molar refractivity (Wildman–Crippen MR) is 111 cm³/mol.